The van der Waals surface area contributed by atoms with Crippen molar-refractivity contribution >= 4 is 5.91 Å². The normalized spacial score (nSPS) is 24.7. The van der Waals surface area contributed by atoms with Crippen molar-refractivity contribution in [2.45, 2.75) is 64.7 Å². The molecule has 0 heterocycles. The van der Waals surface area contributed by atoms with E-state index in [-0.39, 0.29) is 24.2 Å². The van der Waals surface area contributed by atoms with Gasteiger partial charge in [-0.3, -0.25) is 4.79 Å². The third-order valence-corrected chi connectivity index (χ3v) is 3.78. The highest BCUT2D eigenvalue weighted by molar-refractivity contribution is 5.80. The summed E-state index contributed by atoms with van der Waals surface area (Å²) in [6.07, 6.45) is 4.04. The van der Waals surface area contributed by atoms with Gasteiger partial charge < -0.3 is 15.4 Å². The highest BCUT2D eigenvalue weighted by atomic mass is 16.5. The summed E-state index contributed by atoms with van der Waals surface area (Å²) in [6, 6.07) is 0.280. The first-order valence-corrected chi connectivity index (χ1v) is 7.21. The second kappa shape index (κ2) is 7.74. The number of carbonyl (C=O) groups excluding carboxylic acids is 1. The van der Waals surface area contributed by atoms with Gasteiger partial charge in [-0.1, -0.05) is 13.8 Å². The Hall–Kier alpha value is -0.610. The van der Waals surface area contributed by atoms with Crippen LogP contribution in [0, 0.1) is 5.92 Å². The fraction of sp³-hybridized carbons (Fsp3) is 0.929. The predicted molar refractivity (Wildman–Crippen MR) is 73.5 cm³/mol. The van der Waals surface area contributed by atoms with E-state index in [1.165, 1.54) is 0 Å². The van der Waals surface area contributed by atoms with E-state index in [0.29, 0.717) is 5.92 Å². The molecule has 0 aromatic carbocycles. The predicted octanol–water partition coefficient (Wildman–Crippen LogP) is 1.69. The third-order valence-electron chi connectivity index (χ3n) is 3.78. The molecule has 1 rings (SSSR count). The molecule has 4 heteroatoms. The summed E-state index contributed by atoms with van der Waals surface area (Å²) in [5.41, 5.74) is 0. The van der Waals surface area contributed by atoms with Crippen LogP contribution < -0.4 is 10.6 Å². The first kappa shape index (κ1) is 15.4. The van der Waals surface area contributed by atoms with Crippen molar-refractivity contribution < 1.29 is 9.53 Å². The summed E-state index contributed by atoms with van der Waals surface area (Å²) in [7, 11) is 1.97. The second-order valence-corrected chi connectivity index (χ2v) is 5.32. The zero-order valence-corrected chi connectivity index (χ0v) is 12.2. The maximum Gasteiger partial charge on any atom is 0.249 e. The molecule has 1 fully saturated rings. The van der Waals surface area contributed by atoms with Crippen molar-refractivity contribution in [3.8, 4) is 0 Å². The van der Waals surface area contributed by atoms with E-state index in [2.05, 4.69) is 24.5 Å². The summed E-state index contributed by atoms with van der Waals surface area (Å²) >= 11 is 0. The first-order chi connectivity index (χ1) is 8.60. The summed E-state index contributed by atoms with van der Waals surface area (Å²) < 4.78 is 5.77. The molecule has 0 aromatic rings. The van der Waals surface area contributed by atoms with Crippen molar-refractivity contribution in [1.29, 1.82) is 0 Å². The number of rotatable bonds is 8. The van der Waals surface area contributed by atoms with Crippen LogP contribution in [0.2, 0.25) is 0 Å². The Morgan fingerprint density at radius 2 is 1.94 bits per heavy atom. The van der Waals surface area contributed by atoms with Crippen LogP contribution in [-0.4, -0.2) is 37.7 Å². The molecule has 1 aliphatic carbocycles. The molecule has 0 radical (unpaired) electrons. The number of carbonyl (C=O) groups is 1. The molecule has 0 spiro atoms. The Labute approximate surface area is 111 Å². The van der Waals surface area contributed by atoms with Crippen LogP contribution in [0.25, 0.3) is 0 Å². The molecule has 0 bridgehead atoms. The number of nitrogens with one attached hydrogen (secondary N) is 2. The fourth-order valence-corrected chi connectivity index (χ4v) is 2.40. The summed E-state index contributed by atoms with van der Waals surface area (Å²) in [4.78, 5) is 11.9. The van der Waals surface area contributed by atoms with Crippen LogP contribution in [0.3, 0.4) is 0 Å². The molecule has 2 N–H and O–H groups in total. The number of ether oxygens (including phenoxy) is 1. The van der Waals surface area contributed by atoms with Gasteiger partial charge in [0.2, 0.25) is 5.91 Å². The summed E-state index contributed by atoms with van der Waals surface area (Å²) in [5, 5.41) is 6.20. The van der Waals surface area contributed by atoms with E-state index >= 15 is 0 Å². The molecule has 106 valence electrons. The van der Waals surface area contributed by atoms with Crippen LogP contribution in [0.5, 0.6) is 0 Å². The quantitative estimate of drug-likeness (QED) is 0.695. The topological polar surface area (TPSA) is 50.4 Å². The highest BCUT2D eigenvalue weighted by Crippen LogP contribution is 2.30. The Bertz CT molecular complexity index is 248. The minimum atomic E-state index is -0.328. The van der Waals surface area contributed by atoms with Gasteiger partial charge in [0.15, 0.2) is 0 Å². The summed E-state index contributed by atoms with van der Waals surface area (Å²) in [5.74, 6) is 0.745. The number of hydrogen-bond acceptors (Lipinski definition) is 3. The fourth-order valence-electron chi connectivity index (χ4n) is 2.40. The van der Waals surface area contributed by atoms with Gasteiger partial charge in [-0.05, 0) is 52.1 Å². The first-order valence-electron chi connectivity index (χ1n) is 7.21. The molecule has 0 aromatic heterocycles. The maximum atomic E-state index is 11.9. The monoisotopic (exact) mass is 256 g/mol. The van der Waals surface area contributed by atoms with Crippen molar-refractivity contribution in [3.05, 3.63) is 0 Å². The van der Waals surface area contributed by atoms with Gasteiger partial charge >= 0.3 is 0 Å². The molecule has 18 heavy (non-hydrogen) atoms. The lowest BCUT2D eigenvalue weighted by Gasteiger charge is -2.36. The van der Waals surface area contributed by atoms with E-state index in [1.54, 1.807) is 0 Å². The van der Waals surface area contributed by atoms with E-state index in [4.69, 9.17) is 4.74 Å². The molecule has 0 aliphatic heterocycles. The molecule has 1 amide bonds. The molecule has 1 saturated carbocycles. The van der Waals surface area contributed by atoms with Crippen LogP contribution in [0.15, 0.2) is 0 Å². The van der Waals surface area contributed by atoms with E-state index < -0.39 is 0 Å². The highest BCUT2D eigenvalue weighted by Gasteiger charge is 2.32. The SMILES string of the molecule is CCC(CC)NC(=O)C(C)OC1CC(CNC)C1. The molecule has 0 saturated heterocycles. The maximum absolute atomic E-state index is 11.9. The molecule has 1 atom stereocenters. The van der Waals surface area contributed by atoms with Gasteiger partial charge in [-0.2, -0.15) is 0 Å². The van der Waals surface area contributed by atoms with E-state index in [0.717, 1.165) is 32.2 Å². The molecule has 1 aliphatic rings. The Balaban J connectivity index is 2.20. The lowest BCUT2D eigenvalue weighted by molar-refractivity contribution is -0.142. The van der Waals surface area contributed by atoms with Crippen molar-refractivity contribution in [2.24, 2.45) is 5.92 Å². The minimum absolute atomic E-state index is 0.0285. The molecular weight excluding hydrogens is 228 g/mol. The van der Waals surface area contributed by atoms with Crippen LogP contribution >= 0.6 is 0 Å². The number of hydrogen-bond donors (Lipinski definition) is 2. The van der Waals surface area contributed by atoms with E-state index in [9.17, 15) is 4.79 Å². The van der Waals surface area contributed by atoms with Gasteiger partial charge in [0, 0.05) is 6.04 Å². The van der Waals surface area contributed by atoms with Gasteiger partial charge in [-0.25, -0.2) is 0 Å². The Morgan fingerprint density at radius 1 is 1.33 bits per heavy atom. The van der Waals surface area contributed by atoms with Crippen molar-refractivity contribution in [2.75, 3.05) is 13.6 Å². The molecular formula is C14H28N2O2. The zero-order valence-electron chi connectivity index (χ0n) is 12.2. The van der Waals surface area contributed by atoms with Crippen LogP contribution in [-0.2, 0) is 9.53 Å². The smallest absolute Gasteiger partial charge is 0.249 e. The van der Waals surface area contributed by atoms with Gasteiger partial charge in [-0.15, -0.1) is 0 Å². The average molecular weight is 256 g/mol. The Morgan fingerprint density at radius 3 is 2.44 bits per heavy atom. The number of amides is 1. The van der Waals surface area contributed by atoms with Crippen molar-refractivity contribution in [1.82, 2.24) is 10.6 Å². The third kappa shape index (κ3) is 4.58. The second-order valence-electron chi connectivity index (χ2n) is 5.32. The van der Waals surface area contributed by atoms with Gasteiger partial charge in [0.05, 0.1) is 6.10 Å². The largest absolute Gasteiger partial charge is 0.365 e. The lowest BCUT2D eigenvalue weighted by atomic mass is 9.82. The average Bonchev–Trinajstić information content (AvgIpc) is 2.32. The van der Waals surface area contributed by atoms with Crippen LogP contribution in [0.4, 0.5) is 0 Å². The summed E-state index contributed by atoms with van der Waals surface area (Å²) in [6.45, 7) is 7.08. The van der Waals surface area contributed by atoms with Crippen LogP contribution in [0.1, 0.15) is 46.5 Å². The minimum Gasteiger partial charge on any atom is -0.365 e. The van der Waals surface area contributed by atoms with Crippen molar-refractivity contribution in [3.63, 3.8) is 0 Å². The van der Waals surface area contributed by atoms with Gasteiger partial charge in [0.1, 0.15) is 6.10 Å². The molecule has 1 unspecified atom stereocenters. The lowest BCUT2D eigenvalue weighted by Crippen LogP contribution is -2.45. The zero-order chi connectivity index (χ0) is 13.5. The van der Waals surface area contributed by atoms with Gasteiger partial charge in [0.25, 0.3) is 0 Å². The Kier molecular flexibility index (Phi) is 6.65. The van der Waals surface area contributed by atoms with E-state index in [1.807, 2.05) is 14.0 Å². The molecule has 4 nitrogen and oxygen atoms in total. The standard InChI is InChI=1S/C14H28N2O2/c1-5-12(6-2)16-14(17)10(3)18-13-7-11(8-13)9-15-4/h10-13,15H,5-9H2,1-4H3,(H,16,17).